The number of hydrogen-bond acceptors (Lipinski definition) is 4. The molecule has 2 aromatic rings. The second kappa shape index (κ2) is 6.69. The first-order valence-electron chi connectivity index (χ1n) is 6.69. The van der Waals surface area contributed by atoms with Gasteiger partial charge in [0.2, 0.25) is 0 Å². The number of nitrogens with two attached hydrogens (primary N) is 1. The maximum Gasteiger partial charge on any atom is 0.274 e. The Morgan fingerprint density at radius 3 is 2.95 bits per heavy atom. The first-order chi connectivity index (χ1) is 9.99. The van der Waals surface area contributed by atoms with Crippen LogP contribution in [0, 0.1) is 10.1 Å². The van der Waals surface area contributed by atoms with Gasteiger partial charge in [-0.05, 0) is 30.5 Å². The highest BCUT2D eigenvalue weighted by Gasteiger charge is 2.15. The summed E-state index contributed by atoms with van der Waals surface area (Å²) in [5.41, 5.74) is 7.50. The highest BCUT2D eigenvalue weighted by atomic mass is 35.5. The predicted octanol–water partition coefficient (Wildman–Crippen LogP) is 2.77. The molecule has 1 unspecified atom stereocenters. The SMILES string of the molecule is CCC(N)Cc1cnn(Cc2cc(Cl)ccc2[N+](=O)[O-])c1. The summed E-state index contributed by atoms with van der Waals surface area (Å²) in [4.78, 5) is 10.6. The molecule has 1 aromatic heterocycles. The molecule has 6 nitrogen and oxygen atoms in total. The van der Waals surface area contributed by atoms with Gasteiger partial charge in [0.25, 0.3) is 5.69 Å². The second-order valence-corrected chi connectivity index (χ2v) is 5.39. The fraction of sp³-hybridized carbons (Fsp3) is 0.357. The molecule has 1 atom stereocenters. The van der Waals surface area contributed by atoms with E-state index in [4.69, 9.17) is 17.3 Å². The van der Waals surface area contributed by atoms with Crippen LogP contribution >= 0.6 is 11.6 Å². The van der Waals surface area contributed by atoms with Gasteiger partial charge in [-0.15, -0.1) is 0 Å². The van der Waals surface area contributed by atoms with Crippen LogP contribution in [0.1, 0.15) is 24.5 Å². The normalized spacial score (nSPS) is 12.3. The lowest BCUT2D eigenvalue weighted by Crippen LogP contribution is -2.21. The molecule has 112 valence electrons. The quantitative estimate of drug-likeness (QED) is 0.656. The first kappa shape index (κ1) is 15.5. The molecule has 2 rings (SSSR count). The van der Waals surface area contributed by atoms with Crippen molar-refractivity contribution in [3.05, 3.63) is 56.9 Å². The fourth-order valence-corrected chi connectivity index (χ4v) is 2.27. The van der Waals surface area contributed by atoms with E-state index in [1.54, 1.807) is 16.9 Å². The minimum atomic E-state index is -0.414. The number of rotatable bonds is 6. The van der Waals surface area contributed by atoms with Crippen molar-refractivity contribution in [1.29, 1.82) is 0 Å². The zero-order valence-electron chi connectivity index (χ0n) is 11.7. The second-order valence-electron chi connectivity index (χ2n) is 4.95. The number of hydrogen-bond donors (Lipinski definition) is 1. The molecule has 0 aliphatic heterocycles. The van der Waals surface area contributed by atoms with Crippen molar-refractivity contribution in [3.8, 4) is 0 Å². The van der Waals surface area contributed by atoms with Crippen molar-refractivity contribution in [1.82, 2.24) is 9.78 Å². The summed E-state index contributed by atoms with van der Waals surface area (Å²) in [6.45, 7) is 2.34. The lowest BCUT2D eigenvalue weighted by molar-refractivity contribution is -0.385. The van der Waals surface area contributed by atoms with E-state index in [1.165, 1.54) is 12.1 Å². The van der Waals surface area contributed by atoms with E-state index in [-0.39, 0.29) is 11.7 Å². The van der Waals surface area contributed by atoms with Crippen LogP contribution in [0.5, 0.6) is 0 Å². The van der Waals surface area contributed by atoms with Crippen LogP contribution in [0.15, 0.2) is 30.6 Å². The van der Waals surface area contributed by atoms with Gasteiger partial charge in [-0.3, -0.25) is 14.8 Å². The lowest BCUT2D eigenvalue weighted by atomic mass is 10.1. The summed E-state index contributed by atoms with van der Waals surface area (Å²) >= 11 is 5.91. The van der Waals surface area contributed by atoms with Gasteiger partial charge >= 0.3 is 0 Å². The van der Waals surface area contributed by atoms with Gasteiger partial charge in [0.15, 0.2) is 0 Å². The Balaban J connectivity index is 2.18. The minimum absolute atomic E-state index is 0.0432. The number of nitrogens with zero attached hydrogens (tertiary/aromatic N) is 3. The summed E-state index contributed by atoms with van der Waals surface area (Å²) in [7, 11) is 0. The molecule has 21 heavy (non-hydrogen) atoms. The lowest BCUT2D eigenvalue weighted by Gasteiger charge is -2.06. The minimum Gasteiger partial charge on any atom is -0.327 e. The molecule has 0 saturated carbocycles. The molecule has 2 N–H and O–H groups in total. The predicted molar refractivity (Wildman–Crippen MR) is 81.4 cm³/mol. The Morgan fingerprint density at radius 2 is 2.29 bits per heavy atom. The smallest absolute Gasteiger partial charge is 0.274 e. The van der Waals surface area contributed by atoms with Crippen LogP contribution in [0.25, 0.3) is 0 Å². The van der Waals surface area contributed by atoms with Crippen LogP contribution in [0.3, 0.4) is 0 Å². The molecule has 0 aliphatic carbocycles. The Hall–Kier alpha value is -1.92. The number of benzene rings is 1. The largest absolute Gasteiger partial charge is 0.327 e. The number of nitro benzene ring substituents is 1. The molecule has 0 amide bonds. The highest BCUT2D eigenvalue weighted by Crippen LogP contribution is 2.23. The highest BCUT2D eigenvalue weighted by molar-refractivity contribution is 6.30. The topological polar surface area (TPSA) is 87.0 Å². The molecule has 0 bridgehead atoms. The Labute approximate surface area is 127 Å². The number of aromatic nitrogens is 2. The molecule has 0 radical (unpaired) electrons. The van der Waals surface area contributed by atoms with Crippen molar-refractivity contribution in [2.75, 3.05) is 0 Å². The third-order valence-corrected chi connectivity index (χ3v) is 3.51. The van der Waals surface area contributed by atoms with Gasteiger partial charge in [0.1, 0.15) is 0 Å². The molecule has 0 aliphatic rings. The van der Waals surface area contributed by atoms with Crippen molar-refractivity contribution in [2.24, 2.45) is 5.73 Å². The van der Waals surface area contributed by atoms with Crippen LogP contribution in [-0.4, -0.2) is 20.7 Å². The van der Waals surface area contributed by atoms with E-state index in [1.807, 2.05) is 13.1 Å². The van der Waals surface area contributed by atoms with Crippen LogP contribution < -0.4 is 5.73 Å². The standard InChI is InChI=1S/C14H17ClN4O2/c1-2-13(16)5-10-7-17-18(8-10)9-11-6-12(15)3-4-14(11)19(20)21/h3-4,6-8,13H,2,5,9,16H2,1H3. The molecular formula is C14H17ClN4O2. The van der Waals surface area contributed by atoms with Crippen LogP contribution in [0.2, 0.25) is 5.02 Å². The Kier molecular flexibility index (Phi) is 4.93. The van der Waals surface area contributed by atoms with Crippen molar-refractivity contribution in [2.45, 2.75) is 32.4 Å². The van der Waals surface area contributed by atoms with Gasteiger partial charge < -0.3 is 5.73 Å². The third kappa shape index (κ3) is 4.03. The van der Waals surface area contributed by atoms with E-state index in [9.17, 15) is 10.1 Å². The number of nitro groups is 1. The molecule has 7 heteroatoms. The molecule has 1 aromatic carbocycles. The van der Waals surface area contributed by atoms with Gasteiger partial charge in [0.05, 0.1) is 23.2 Å². The van der Waals surface area contributed by atoms with Crippen LogP contribution in [0.4, 0.5) is 5.69 Å². The van der Waals surface area contributed by atoms with E-state index < -0.39 is 4.92 Å². The van der Waals surface area contributed by atoms with E-state index >= 15 is 0 Å². The zero-order valence-corrected chi connectivity index (χ0v) is 12.5. The van der Waals surface area contributed by atoms with Gasteiger partial charge in [-0.2, -0.15) is 5.10 Å². The summed E-state index contributed by atoms with van der Waals surface area (Å²) in [5, 5.41) is 15.7. The average Bonchev–Trinajstić information content (AvgIpc) is 2.85. The molecule has 0 saturated heterocycles. The van der Waals surface area contributed by atoms with E-state index in [0.29, 0.717) is 17.1 Å². The maximum absolute atomic E-state index is 11.0. The Morgan fingerprint density at radius 1 is 1.52 bits per heavy atom. The fourth-order valence-electron chi connectivity index (χ4n) is 2.08. The summed E-state index contributed by atoms with van der Waals surface area (Å²) in [5.74, 6) is 0. The summed E-state index contributed by atoms with van der Waals surface area (Å²) in [6.07, 6.45) is 5.24. The Bertz CT molecular complexity index is 642. The first-order valence-corrected chi connectivity index (χ1v) is 7.07. The third-order valence-electron chi connectivity index (χ3n) is 3.28. The monoisotopic (exact) mass is 308 g/mol. The molecular weight excluding hydrogens is 292 g/mol. The number of halogens is 1. The maximum atomic E-state index is 11.0. The van der Waals surface area contributed by atoms with Crippen molar-refractivity contribution in [3.63, 3.8) is 0 Å². The van der Waals surface area contributed by atoms with Crippen molar-refractivity contribution < 1.29 is 4.92 Å². The van der Waals surface area contributed by atoms with E-state index in [0.717, 1.165) is 18.4 Å². The molecule has 0 fully saturated rings. The van der Waals surface area contributed by atoms with E-state index in [2.05, 4.69) is 5.10 Å². The zero-order chi connectivity index (χ0) is 15.4. The average molecular weight is 309 g/mol. The molecule has 0 spiro atoms. The van der Waals surface area contributed by atoms with Gasteiger partial charge in [-0.1, -0.05) is 18.5 Å². The van der Waals surface area contributed by atoms with Gasteiger partial charge in [0, 0.05) is 23.3 Å². The molecule has 1 heterocycles. The summed E-state index contributed by atoms with van der Waals surface area (Å²) in [6, 6.07) is 4.62. The van der Waals surface area contributed by atoms with Crippen molar-refractivity contribution >= 4 is 17.3 Å². The summed E-state index contributed by atoms with van der Waals surface area (Å²) < 4.78 is 1.66. The van der Waals surface area contributed by atoms with Gasteiger partial charge in [-0.25, -0.2) is 0 Å². The van der Waals surface area contributed by atoms with Crippen LogP contribution in [-0.2, 0) is 13.0 Å².